The average Bonchev–Trinajstić information content (AvgIpc) is 2.22. The van der Waals surface area contributed by atoms with Crippen LogP contribution in [0.2, 0.25) is 0 Å². The normalized spacial score (nSPS) is 47.6. The lowest BCUT2D eigenvalue weighted by molar-refractivity contribution is -0.123. The second-order valence-corrected chi connectivity index (χ2v) is 7.31. The van der Waals surface area contributed by atoms with E-state index in [1.165, 1.54) is 6.42 Å². The SMILES string of the molecule is C[C@@H]1CCC(C)(O)C2CC(C(C)(C)O)CCC21. The van der Waals surface area contributed by atoms with Gasteiger partial charge in [-0.15, -0.1) is 0 Å². The number of rotatable bonds is 1. The second-order valence-electron chi connectivity index (χ2n) is 7.31. The highest BCUT2D eigenvalue weighted by Crippen LogP contribution is 2.51. The molecule has 0 aromatic carbocycles. The molecule has 0 heterocycles. The fraction of sp³-hybridized carbons (Fsp3) is 1.00. The summed E-state index contributed by atoms with van der Waals surface area (Å²) in [5.41, 5.74) is -1.11. The Balaban J connectivity index is 2.15. The summed E-state index contributed by atoms with van der Waals surface area (Å²) >= 11 is 0. The minimum atomic E-state index is -0.596. The lowest BCUT2D eigenvalue weighted by Crippen LogP contribution is -2.51. The molecule has 0 amide bonds. The van der Waals surface area contributed by atoms with Crippen LogP contribution in [-0.2, 0) is 0 Å². The molecule has 4 unspecified atom stereocenters. The summed E-state index contributed by atoms with van der Waals surface area (Å²) in [6, 6.07) is 0. The van der Waals surface area contributed by atoms with Gasteiger partial charge < -0.3 is 10.2 Å². The number of hydrogen-bond acceptors (Lipinski definition) is 2. The Hall–Kier alpha value is -0.0800. The van der Waals surface area contributed by atoms with Crippen molar-refractivity contribution in [2.45, 2.75) is 71.0 Å². The van der Waals surface area contributed by atoms with Crippen LogP contribution in [0.15, 0.2) is 0 Å². The van der Waals surface area contributed by atoms with Gasteiger partial charge in [-0.3, -0.25) is 0 Å². The molecule has 2 nitrogen and oxygen atoms in total. The van der Waals surface area contributed by atoms with Gasteiger partial charge in [-0.2, -0.15) is 0 Å². The molecule has 2 aliphatic rings. The summed E-state index contributed by atoms with van der Waals surface area (Å²) < 4.78 is 0. The predicted octanol–water partition coefficient (Wildman–Crippen LogP) is 2.97. The summed E-state index contributed by atoms with van der Waals surface area (Å²) in [7, 11) is 0. The first-order valence-electron chi connectivity index (χ1n) is 7.16. The minimum absolute atomic E-state index is 0.348. The molecular formula is C15H28O2. The van der Waals surface area contributed by atoms with E-state index in [4.69, 9.17) is 0 Å². The Morgan fingerprint density at radius 2 is 1.82 bits per heavy atom. The van der Waals surface area contributed by atoms with Gasteiger partial charge in [0.1, 0.15) is 0 Å². The van der Waals surface area contributed by atoms with Crippen LogP contribution in [0.1, 0.15) is 59.8 Å². The van der Waals surface area contributed by atoms with Crippen molar-refractivity contribution in [2.24, 2.45) is 23.7 Å². The van der Waals surface area contributed by atoms with Crippen LogP contribution in [0.25, 0.3) is 0 Å². The van der Waals surface area contributed by atoms with Gasteiger partial charge in [0.15, 0.2) is 0 Å². The summed E-state index contributed by atoms with van der Waals surface area (Å²) in [4.78, 5) is 0. The maximum absolute atomic E-state index is 10.6. The van der Waals surface area contributed by atoms with Gasteiger partial charge in [-0.05, 0) is 76.5 Å². The highest BCUT2D eigenvalue weighted by molar-refractivity contribution is 4.99. The zero-order valence-electron chi connectivity index (χ0n) is 11.7. The van der Waals surface area contributed by atoms with E-state index in [1.54, 1.807) is 0 Å². The fourth-order valence-corrected chi connectivity index (χ4v) is 4.15. The van der Waals surface area contributed by atoms with Crippen molar-refractivity contribution < 1.29 is 10.2 Å². The monoisotopic (exact) mass is 240 g/mol. The zero-order valence-corrected chi connectivity index (χ0v) is 11.7. The van der Waals surface area contributed by atoms with E-state index < -0.39 is 11.2 Å². The molecule has 0 bridgehead atoms. The van der Waals surface area contributed by atoms with Crippen molar-refractivity contribution in [1.29, 1.82) is 0 Å². The maximum Gasteiger partial charge on any atom is 0.0650 e. The molecule has 0 aromatic rings. The molecule has 2 rings (SSSR count). The number of aliphatic hydroxyl groups is 2. The van der Waals surface area contributed by atoms with Crippen molar-refractivity contribution in [3.8, 4) is 0 Å². The van der Waals surface area contributed by atoms with Crippen molar-refractivity contribution in [1.82, 2.24) is 0 Å². The summed E-state index contributed by atoms with van der Waals surface area (Å²) in [6.07, 6.45) is 5.36. The first-order valence-corrected chi connectivity index (χ1v) is 7.16. The van der Waals surface area contributed by atoms with Crippen LogP contribution in [0.5, 0.6) is 0 Å². The second kappa shape index (κ2) is 4.24. The van der Waals surface area contributed by atoms with Gasteiger partial charge in [-0.25, -0.2) is 0 Å². The molecule has 2 fully saturated rings. The van der Waals surface area contributed by atoms with Crippen LogP contribution in [0.4, 0.5) is 0 Å². The van der Waals surface area contributed by atoms with Gasteiger partial charge in [0.05, 0.1) is 11.2 Å². The quantitative estimate of drug-likeness (QED) is 0.740. The molecule has 0 radical (unpaired) electrons. The Morgan fingerprint density at radius 3 is 2.41 bits per heavy atom. The molecule has 0 aliphatic heterocycles. The molecule has 100 valence electrons. The largest absolute Gasteiger partial charge is 0.390 e. The summed E-state index contributed by atoms with van der Waals surface area (Å²) in [5.74, 6) is 2.14. The summed E-state index contributed by atoms with van der Waals surface area (Å²) in [5, 5.41) is 20.8. The van der Waals surface area contributed by atoms with Crippen LogP contribution in [0.3, 0.4) is 0 Å². The molecule has 0 spiro atoms. The van der Waals surface area contributed by atoms with E-state index in [0.29, 0.717) is 17.8 Å². The number of hydrogen-bond donors (Lipinski definition) is 2. The topological polar surface area (TPSA) is 40.5 Å². The van der Waals surface area contributed by atoms with Gasteiger partial charge in [-0.1, -0.05) is 6.92 Å². The van der Waals surface area contributed by atoms with Crippen molar-refractivity contribution >= 4 is 0 Å². The van der Waals surface area contributed by atoms with E-state index in [9.17, 15) is 10.2 Å². The molecule has 2 heteroatoms. The lowest BCUT2D eigenvalue weighted by Gasteiger charge is -2.52. The third kappa shape index (κ3) is 2.53. The summed E-state index contributed by atoms with van der Waals surface area (Å²) in [6.45, 7) is 8.17. The zero-order chi connectivity index (χ0) is 12.8. The average molecular weight is 240 g/mol. The van der Waals surface area contributed by atoms with Crippen LogP contribution in [-0.4, -0.2) is 21.4 Å². The van der Waals surface area contributed by atoms with Crippen molar-refractivity contribution in [3.05, 3.63) is 0 Å². The third-order valence-electron chi connectivity index (χ3n) is 5.54. The number of fused-ring (bicyclic) bond motifs is 1. The molecule has 0 aromatic heterocycles. The molecular weight excluding hydrogens is 212 g/mol. The highest BCUT2D eigenvalue weighted by Gasteiger charge is 2.48. The van der Waals surface area contributed by atoms with E-state index in [0.717, 1.165) is 31.6 Å². The Labute approximate surface area is 105 Å². The van der Waals surface area contributed by atoms with E-state index in [2.05, 4.69) is 6.92 Å². The maximum atomic E-state index is 10.6. The minimum Gasteiger partial charge on any atom is -0.390 e. The molecule has 2 saturated carbocycles. The van der Waals surface area contributed by atoms with Gasteiger partial charge in [0, 0.05) is 0 Å². The molecule has 5 atom stereocenters. The van der Waals surface area contributed by atoms with E-state index >= 15 is 0 Å². The Kier molecular flexibility index (Phi) is 3.33. The fourth-order valence-electron chi connectivity index (χ4n) is 4.15. The Morgan fingerprint density at radius 1 is 1.18 bits per heavy atom. The van der Waals surface area contributed by atoms with Crippen LogP contribution < -0.4 is 0 Å². The van der Waals surface area contributed by atoms with Crippen LogP contribution >= 0.6 is 0 Å². The van der Waals surface area contributed by atoms with Crippen molar-refractivity contribution in [3.63, 3.8) is 0 Å². The molecule has 2 N–H and O–H groups in total. The standard InChI is InChI=1S/C15H28O2/c1-10-7-8-15(4,17)13-9-11(14(2,3)16)5-6-12(10)13/h10-13,16-17H,5-9H2,1-4H3/t10-,11?,12?,13?,15?/m1/s1. The van der Waals surface area contributed by atoms with Crippen LogP contribution in [0, 0.1) is 23.7 Å². The lowest BCUT2D eigenvalue weighted by atomic mass is 9.56. The smallest absolute Gasteiger partial charge is 0.0650 e. The predicted molar refractivity (Wildman–Crippen MR) is 69.6 cm³/mol. The molecule has 17 heavy (non-hydrogen) atoms. The molecule has 0 saturated heterocycles. The Bertz CT molecular complexity index is 277. The first kappa shape index (κ1) is 13.4. The first-order chi connectivity index (χ1) is 7.72. The third-order valence-corrected chi connectivity index (χ3v) is 5.54. The van der Waals surface area contributed by atoms with Gasteiger partial charge in [0.25, 0.3) is 0 Å². The van der Waals surface area contributed by atoms with Gasteiger partial charge in [0.2, 0.25) is 0 Å². The van der Waals surface area contributed by atoms with E-state index in [-0.39, 0.29) is 0 Å². The van der Waals surface area contributed by atoms with Crippen molar-refractivity contribution in [2.75, 3.05) is 0 Å². The molecule has 2 aliphatic carbocycles. The highest BCUT2D eigenvalue weighted by atomic mass is 16.3. The van der Waals surface area contributed by atoms with Gasteiger partial charge >= 0.3 is 0 Å². The van der Waals surface area contributed by atoms with E-state index in [1.807, 2.05) is 20.8 Å².